The van der Waals surface area contributed by atoms with Crippen molar-refractivity contribution in [2.45, 2.75) is 4.90 Å². The van der Waals surface area contributed by atoms with Crippen LogP contribution in [0.4, 0.5) is 0 Å². The zero-order valence-electron chi connectivity index (χ0n) is 10.7. The van der Waals surface area contributed by atoms with Gasteiger partial charge in [0, 0.05) is 0 Å². The van der Waals surface area contributed by atoms with Crippen LogP contribution < -0.4 is 10.3 Å². The number of furan rings is 1. The molecule has 0 unspecified atom stereocenters. The topological polar surface area (TPSA) is 126 Å². The number of carboxylic acids is 1. The molecule has 0 atom stereocenters. The number of amides is 1. The van der Waals surface area contributed by atoms with Crippen LogP contribution >= 0.6 is 11.6 Å². The van der Waals surface area contributed by atoms with Crippen LogP contribution in [0.15, 0.2) is 45.9 Å². The molecule has 1 aromatic carbocycles. The Morgan fingerprint density at radius 1 is 1.23 bits per heavy atom. The summed E-state index contributed by atoms with van der Waals surface area (Å²) in [6, 6.07) is 5.92. The standard InChI is InChI=1S/C12H9ClN2O6S/c13-9-4-3-7(6-8(9)12(17)18)22(19,20)15-14-11(16)10-2-1-5-21-10/h1-6,15H,(H,14,16)(H,17,18). The van der Waals surface area contributed by atoms with E-state index in [1.54, 1.807) is 0 Å². The summed E-state index contributed by atoms with van der Waals surface area (Å²) in [5.41, 5.74) is 1.56. The molecule has 0 aliphatic carbocycles. The van der Waals surface area contributed by atoms with Crippen LogP contribution in [0.5, 0.6) is 0 Å². The number of hydrogen-bond donors (Lipinski definition) is 3. The quantitative estimate of drug-likeness (QED) is 0.701. The second kappa shape index (κ2) is 6.18. The number of halogens is 1. The van der Waals surface area contributed by atoms with Gasteiger partial charge in [-0.3, -0.25) is 10.2 Å². The van der Waals surface area contributed by atoms with Crippen LogP contribution in [0.1, 0.15) is 20.9 Å². The van der Waals surface area contributed by atoms with Crippen molar-refractivity contribution >= 4 is 33.5 Å². The summed E-state index contributed by atoms with van der Waals surface area (Å²) in [5.74, 6) is -2.27. The Labute approximate surface area is 129 Å². The van der Waals surface area contributed by atoms with Gasteiger partial charge in [-0.15, -0.1) is 4.83 Å². The van der Waals surface area contributed by atoms with Gasteiger partial charge >= 0.3 is 11.9 Å². The number of nitrogens with one attached hydrogen (secondary N) is 2. The van der Waals surface area contributed by atoms with Crippen molar-refractivity contribution < 1.29 is 27.5 Å². The lowest BCUT2D eigenvalue weighted by atomic mass is 10.2. The van der Waals surface area contributed by atoms with E-state index in [1.165, 1.54) is 18.4 Å². The molecule has 10 heteroatoms. The van der Waals surface area contributed by atoms with Gasteiger partial charge in [0.25, 0.3) is 10.0 Å². The molecule has 1 amide bonds. The number of aromatic carboxylic acids is 1. The maximum Gasteiger partial charge on any atom is 0.337 e. The summed E-state index contributed by atoms with van der Waals surface area (Å²) in [5, 5.41) is 8.81. The van der Waals surface area contributed by atoms with Crippen molar-refractivity contribution in [1.82, 2.24) is 10.3 Å². The molecule has 0 radical (unpaired) electrons. The molecule has 0 saturated carbocycles. The number of carbonyl (C=O) groups excluding carboxylic acids is 1. The lowest BCUT2D eigenvalue weighted by molar-refractivity contribution is 0.0696. The third-order valence-corrected chi connectivity index (χ3v) is 4.10. The van der Waals surface area contributed by atoms with E-state index in [0.29, 0.717) is 0 Å². The van der Waals surface area contributed by atoms with Crippen molar-refractivity contribution in [2.75, 3.05) is 0 Å². The molecule has 0 aliphatic rings. The van der Waals surface area contributed by atoms with Crippen molar-refractivity contribution in [1.29, 1.82) is 0 Å². The van der Waals surface area contributed by atoms with E-state index in [-0.39, 0.29) is 21.2 Å². The van der Waals surface area contributed by atoms with Gasteiger partial charge in [0.15, 0.2) is 5.76 Å². The van der Waals surface area contributed by atoms with Gasteiger partial charge in [-0.25, -0.2) is 13.2 Å². The molecule has 0 saturated heterocycles. The van der Waals surface area contributed by atoms with E-state index in [0.717, 1.165) is 18.2 Å². The van der Waals surface area contributed by atoms with Crippen LogP contribution in [-0.2, 0) is 10.0 Å². The average molecular weight is 345 g/mol. The van der Waals surface area contributed by atoms with Gasteiger partial charge in [0.05, 0.1) is 21.7 Å². The zero-order valence-corrected chi connectivity index (χ0v) is 12.3. The Balaban J connectivity index is 2.19. The minimum Gasteiger partial charge on any atom is -0.478 e. The summed E-state index contributed by atoms with van der Waals surface area (Å²) in [7, 11) is -4.16. The van der Waals surface area contributed by atoms with E-state index < -0.39 is 21.9 Å². The molecular formula is C12H9ClN2O6S. The lowest BCUT2D eigenvalue weighted by Crippen LogP contribution is -2.41. The molecule has 0 aliphatic heterocycles. The molecule has 22 heavy (non-hydrogen) atoms. The van der Waals surface area contributed by atoms with Gasteiger partial charge in [-0.1, -0.05) is 11.6 Å². The Bertz CT molecular complexity index is 816. The number of carbonyl (C=O) groups is 2. The fraction of sp³-hybridized carbons (Fsp3) is 0. The van der Waals surface area contributed by atoms with E-state index in [9.17, 15) is 18.0 Å². The second-order valence-electron chi connectivity index (χ2n) is 3.98. The average Bonchev–Trinajstić information content (AvgIpc) is 2.99. The van der Waals surface area contributed by atoms with Gasteiger partial charge in [0.2, 0.25) is 0 Å². The number of benzene rings is 1. The van der Waals surface area contributed by atoms with Crippen molar-refractivity contribution in [2.24, 2.45) is 0 Å². The number of hydrazine groups is 1. The van der Waals surface area contributed by atoms with Crippen molar-refractivity contribution in [3.8, 4) is 0 Å². The Hall–Kier alpha value is -2.36. The summed E-state index contributed by atoms with van der Waals surface area (Å²) in [6.07, 6.45) is 1.25. The third kappa shape index (κ3) is 3.45. The molecule has 0 spiro atoms. The van der Waals surface area contributed by atoms with Gasteiger partial charge in [-0.05, 0) is 30.3 Å². The smallest absolute Gasteiger partial charge is 0.337 e. The van der Waals surface area contributed by atoms with Crippen molar-refractivity contribution in [3.63, 3.8) is 0 Å². The highest BCUT2D eigenvalue weighted by Gasteiger charge is 2.20. The van der Waals surface area contributed by atoms with Crippen LogP contribution in [0.2, 0.25) is 5.02 Å². The van der Waals surface area contributed by atoms with E-state index >= 15 is 0 Å². The molecule has 2 rings (SSSR count). The fourth-order valence-electron chi connectivity index (χ4n) is 1.48. The summed E-state index contributed by atoms with van der Waals surface area (Å²) in [4.78, 5) is 24.0. The molecule has 0 bridgehead atoms. The highest BCUT2D eigenvalue weighted by molar-refractivity contribution is 7.89. The minimum atomic E-state index is -4.16. The van der Waals surface area contributed by atoms with E-state index in [4.69, 9.17) is 21.1 Å². The van der Waals surface area contributed by atoms with E-state index in [1.807, 2.05) is 10.3 Å². The second-order valence-corrected chi connectivity index (χ2v) is 6.07. The highest BCUT2D eigenvalue weighted by Crippen LogP contribution is 2.20. The lowest BCUT2D eigenvalue weighted by Gasteiger charge is -2.08. The molecular weight excluding hydrogens is 336 g/mol. The van der Waals surface area contributed by atoms with Gasteiger partial charge < -0.3 is 9.52 Å². The minimum absolute atomic E-state index is 0.0926. The molecule has 1 aromatic heterocycles. The normalized spacial score (nSPS) is 11.1. The Kier molecular flexibility index (Phi) is 4.50. The summed E-state index contributed by atoms with van der Waals surface area (Å²) >= 11 is 5.66. The van der Waals surface area contributed by atoms with Crippen LogP contribution in [0.3, 0.4) is 0 Å². The summed E-state index contributed by atoms with van der Waals surface area (Å²) < 4.78 is 28.8. The molecule has 116 valence electrons. The molecule has 1 heterocycles. The third-order valence-electron chi connectivity index (χ3n) is 2.52. The van der Waals surface area contributed by atoms with Crippen LogP contribution in [0.25, 0.3) is 0 Å². The first kappa shape index (κ1) is 16.0. The monoisotopic (exact) mass is 344 g/mol. The number of carboxylic acid groups (broad SMARTS) is 1. The van der Waals surface area contributed by atoms with Crippen LogP contribution in [0, 0.1) is 0 Å². The Morgan fingerprint density at radius 2 is 1.95 bits per heavy atom. The van der Waals surface area contributed by atoms with Crippen molar-refractivity contribution in [3.05, 3.63) is 52.9 Å². The number of rotatable bonds is 5. The molecule has 0 fully saturated rings. The molecule has 2 aromatic rings. The maximum absolute atomic E-state index is 12.0. The van der Waals surface area contributed by atoms with Gasteiger partial charge in [-0.2, -0.15) is 0 Å². The summed E-state index contributed by atoms with van der Waals surface area (Å²) in [6.45, 7) is 0. The highest BCUT2D eigenvalue weighted by atomic mass is 35.5. The molecule has 3 N–H and O–H groups in total. The molecule has 8 nitrogen and oxygen atoms in total. The largest absolute Gasteiger partial charge is 0.478 e. The van der Waals surface area contributed by atoms with Gasteiger partial charge in [0.1, 0.15) is 0 Å². The fourth-order valence-corrected chi connectivity index (χ4v) is 2.54. The predicted molar refractivity (Wildman–Crippen MR) is 74.9 cm³/mol. The maximum atomic E-state index is 12.0. The number of hydrogen-bond acceptors (Lipinski definition) is 5. The zero-order chi connectivity index (χ0) is 16.3. The van der Waals surface area contributed by atoms with Crippen LogP contribution in [-0.4, -0.2) is 25.4 Å². The first-order valence-corrected chi connectivity index (χ1v) is 7.56. The first-order valence-electron chi connectivity index (χ1n) is 5.70. The predicted octanol–water partition coefficient (Wildman–Crippen LogP) is 1.25. The Morgan fingerprint density at radius 3 is 2.55 bits per heavy atom. The number of sulfonamides is 1. The first-order chi connectivity index (χ1) is 10.3. The van der Waals surface area contributed by atoms with E-state index in [2.05, 4.69) is 0 Å². The SMILES string of the molecule is O=C(NNS(=O)(=O)c1ccc(Cl)c(C(=O)O)c1)c1ccco1.